The molecule has 0 aliphatic carbocycles. The number of hydrogen-bond acceptors (Lipinski definition) is 3. The van der Waals surface area contributed by atoms with Gasteiger partial charge in [0.2, 0.25) is 0 Å². The van der Waals surface area contributed by atoms with Gasteiger partial charge < -0.3 is 10.1 Å². The molecule has 3 heteroatoms. The van der Waals surface area contributed by atoms with E-state index >= 15 is 0 Å². The average Bonchev–Trinajstić information content (AvgIpc) is 2.55. The van der Waals surface area contributed by atoms with Gasteiger partial charge in [-0.3, -0.25) is 0 Å². The summed E-state index contributed by atoms with van der Waals surface area (Å²) in [5.74, 6) is 0.914. The highest BCUT2D eigenvalue weighted by Gasteiger charge is 2.07. The molecule has 0 saturated carbocycles. The summed E-state index contributed by atoms with van der Waals surface area (Å²) >= 11 is 1.67. The molecule has 0 spiro atoms. The molecule has 0 radical (unpaired) electrons. The van der Waals surface area contributed by atoms with E-state index in [1.807, 2.05) is 24.6 Å². The maximum Gasteiger partial charge on any atom is 0.129 e. The van der Waals surface area contributed by atoms with Crippen LogP contribution in [0.5, 0.6) is 5.75 Å². The molecule has 0 amide bonds. The van der Waals surface area contributed by atoms with Gasteiger partial charge in [0.05, 0.1) is 13.2 Å². The molecule has 0 aliphatic rings. The van der Waals surface area contributed by atoms with Crippen LogP contribution in [0.4, 0.5) is 0 Å². The van der Waals surface area contributed by atoms with Crippen LogP contribution in [0, 0.1) is 0 Å². The second-order valence-electron chi connectivity index (χ2n) is 2.39. The number of thiophene rings is 1. The van der Waals surface area contributed by atoms with Crippen LogP contribution in [0.15, 0.2) is 24.1 Å². The first kappa shape index (κ1) is 9.29. The molecule has 66 valence electrons. The summed E-state index contributed by atoms with van der Waals surface area (Å²) in [6, 6.07) is 2.26. The minimum atomic E-state index is 0.235. The Morgan fingerprint density at radius 3 is 2.92 bits per heavy atom. The molecule has 1 rings (SSSR count). The van der Waals surface area contributed by atoms with E-state index in [2.05, 4.69) is 11.9 Å². The summed E-state index contributed by atoms with van der Waals surface area (Å²) in [4.78, 5) is 1.23. The molecular formula is C9H13NOS. The van der Waals surface area contributed by atoms with Gasteiger partial charge in [0.1, 0.15) is 5.75 Å². The smallest absolute Gasteiger partial charge is 0.129 e. The topological polar surface area (TPSA) is 21.3 Å². The molecule has 1 aromatic rings. The standard InChI is InChI=1S/C9H13NOS/c1-4-8(10-2)9-5-7(11-3)6-12-9/h4-6,8,10H,1H2,2-3H3. The first-order valence-corrected chi connectivity index (χ1v) is 4.62. The Balaban J connectivity index is 2.79. The Labute approximate surface area is 76.9 Å². The van der Waals surface area contributed by atoms with Gasteiger partial charge in [-0.2, -0.15) is 0 Å². The van der Waals surface area contributed by atoms with Crippen molar-refractivity contribution >= 4 is 11.3 Å². The van der Waals surface area contributed by atoms with E-state index < -0.39 is 0 Å². The SMILES string of the molecule is C=CC(NC)c1cc(OC)cs1. The monoisotopic (exact) mass is 183 g/mol. The van der Waals surface area contributed by atoms with Crippen LogP contribution in [0.25, 0.3) is 0 Å². The summed E-state index contributed by atoms with van der Waals surface area (Å²) in [5.41, 5.74) is 0. The molecule has 1 N–H and O–H groups in total. The predicted molar refractivity (Wildman–Crippen MR) is 52.9 cm³/mol. The molecule has 1 heterocycles. The van der Waals surface area contributed by atoms with Crippen molar-refractivity contribution in [2.75, 3.05) is 14.2 Å². The number of rotatable bonds is 4. The number of likely N-dealkylation sites (N-methyl/N-ethyl adjacent to an activating group) is 1. The highest BCUT2D eigenvalue weighted by Crippen LogP contribution is 2.26. The molecule has 0 fully saturated rings. The molecule has 1 aromatic heterocycles. The van der Waals surface area contributed by atoms with E-state index in [0.29, 0.717) is 0 Å². The Morgan fingerprint density at radius 1 is 1.75 bits per heavy atom. The Morgan fingerprint density at radius 2 is 2.50 bits per heavy atom. The van der Waals surface area contributed by atoms with Crippen LogP contribution < -0.4 is 10.1 Å². The van der Waals surface area contributed by atoms with Crippen molar-refractivity contribution in [3.63, 3.8) is 0 Å². The van der Waals surface area contributed by atoms with E-state index in [1.165, 1.54) is 4.88 Å². The van der Waals surface area contributed by atoms with Gasteiger partial charge >= 0.3 is 0 Å². The van der Waals surface area contributed by atoms with Gasteiger partial charge in [-0.15, -0.1) is 17.9 Å². The number of methoxy groups -OCH3 is 1. The van der Waals surface area contributed by atoms with Gasteiger partial charge in [-0.25, -0.2) is 0 Å². The third kappa shape index (κ3) is 1.87. The van der Waals surface area contributed by atoms with Crippen LogP contribution in [0.1, 0.15) is 10.9 Å². The van der Waals surface area contributed by atoms with E-state index in [0.717, 1.165) is 5.75 Å². The van der Waals surface area contributed by atoms with Crippen LogP contribution in [-0.2, 0) is 0 Å². The van der Waals surface area contributed by atoms with E-state index in [9.17, 15) is 0 Å². The minimum absolute atomic E-state index is 0.235. The van der Waals surface area contributed by atoms with Gasteiger partial charge in [0, 0.05) is 10.3 Å². The number of hydrogen-bond donors (Lipinski definition) is 1. The third-order valence-electron chi connectivity index (χ3n) is 1.68. The molecule has 1 unspecified atom stereocenters. The van der Waals surface area contributed by atoms with Gasteiger partial charge in [-0.05, 0) is 13.1 Å². The van der Waals surface area contributed by atoms with E-state index in [1.54, 1.807) is 18.4 Å². The average molecular weight is 183 g/mol. The second-order valence-corrected chi connectivity index (χ2v) is 3.33. The fraction of sp³-hybridized carbons (Fsp3) is 0.333. The second kappa shape index (κ2) is 4.28. The van der Waals surface area contributed by atoms with E-state index in [-0.39, 0.29) is 6.04 Å². The molecule has 0 aromatic carbocycles. The summed E-state index contributed by atoms with van der Waals surface area (Å²) in [5, 5.41) is 5.13. The predicted octanol–water partition coefficient (Wildman–Crippen LogP) is 2.20. The molecule has 0 aliphatic heterocycles. The molecule has 2 nitrogen and oxygen atoms in total. The maximum atomic E-state index is 5.08. The van der Waals surface area contributed by atoms with Gasteiger partial charge in [-0.1, -0.05) is 6.08 Å². The largest absolute Gasteiger partial charge is 0.496 e. The normalized spacial score (nSPS) is 12.5. The fourth-order valence-corrected chi connectivity index (χ4v) is 1.94. The van der Waals surface area contributed by atoms with Crippen LogP contribution in [0.2, 0.25) is 0 Å². The first-order valence-electron chi connectivity index (χ1n) is 3.74. The third-order valence-corrected chi connectivity index (χ3v) is 2.68. The van der Waals surface area contributed by atoms with Crippen LogP contribution >= 0.6 is 11.3 Å². The minimum Gasteiger partial charge on any atom is -0.496 e. The number of ether oxygens (including phenoxy) is 1. The van der Waals surface area contributed by atoms with Crippen molar-refractivity contribution < 1.29 is 4.74 Å². The summed E-state index contributed by atoms with van der Waals surface area (Å²) in [6.07, 6.45) is 1.88. The molecule has 12 heavy (non-hydrogen) atoms. The summed E-state index contributed by atoms with van der Waals surface area (Å²) in [6.45, 7) is 3.75. The van der Waals surface area contributed by atoms with Gasteiger partial charge in [0.25, 0.3) is 0 Å². The van der Waals surface area contributed by atoms with Crippen molar-refractivity contribution in [3.8, 4) is 5.75 Å². The lowest BCUT2D eigenvalue weighted by molar-refractivity contribution is 0.416. The maximum absolute atomic E-state index is 5.08. The number of nitrogens with one attached hydrogen (secondary N) is 1. The Kier molecular flexibility index (Phi) is 3.31. The lowest BCUT2D eigenvalue weighted by Crippen LogP contribution is -2.11. The van der Waals surface area contributed by atoms with Crippen molar-refractivity contribution in [2.45, 2.75) is 6.04 Å². The van der Waals surface area contributed by atoms with Gasteiger partial charge in [0.15, 0.2) is 0 Å². The lowest BCUT2D eigenvalue weighted by atomic mass is 10.2. The first-order chi connectivity index (χ1) is 5.81. The summed E-state index contributed by atoms with van der Waals surface area (Å²) < 4.78 is 5.08. The van der Waals surface area contributed by atoms with Crippen LogP contribution in [0.3, 0.4) is 0 Å². The lowest BCUT2D eigenvalue weighted by Gasteiger charge is -2.06. The molecular weight excluding hydrogens is 170 g/mol. The zero-order chi connectivity index (χ0) is 8.97. The van der Waals surface area contributed by atoms with Crippen molar-refractivity contribution in [1.82, 2.24) is 5.32 Å². The van der Waals surface area contributed by atoms with Crippen molar-refractivity contribution in [3.05, 3.63) is 29.0 Å². The van der Waals surface area contributed by atoms with Crippen molar-refractivity contribution in [1.29, 1.82) is 0 Å². The molecule has 1 atom stereocenters. The Hall–Kier alpha value is -0.800. The molecule has 0 bridgehead atoms. The van der Waals surface area contributed by atoms with Crippen molar-refractivity contribution in [2.24, 2.45) is 0 Å². The zero-order valence-electron chi connectivity index (χ0n) is 7.33. The van der Waals surface area contributed by atoms with Crippen LogP contribution in [-0.4, -0.2) is 14.2 Å². The highest BCUT2D eigenvalue weighted by atomic mass is 32.1. The summed E-state index contributed by atoms with van der Waals surface area (Å²) in [7, 11) is 3.59. The highest BCUT2D eigenvalue weighted by molar-refractivity contribution is 7.10. The Bertz CT molecular complexity index is 257. The zero-order valence-corrected chi connectivity index (χ0v) is 8.15. The quantitative estimate of drug-likeness (QED) is 0.723. The van der Waals surface area contributed by atoms with E-state index in [4.69, 9.17) is 4.74 Å². The fourth-order valence-electron chi connectivity index (χ4n) is 0.981. The molecule has 0 saturated heterocycles.